The molecule has 0 saturated carbocycles. The van der Waals surface area contributed by atoms with Gasteiger partial charge in [-0.15, -0.1) is 0 Å². The molecule has 0 bridgehead atoms. The number of aryl methyl sites for hydroxylation is 1. The van der Waals surface area contributed by atoms with Crippen molar-refractivity contribution in [3.63, 3.8) is 0 Å². The number of nitrogens with zero attached hydrogens (tertiary/aromatic N) is 3. The molecule has 8 nitrogen and oxygen atoms in total. The maximum Gasteiger partial charge on any atom is 0.342 e. The fourth-order valence-corrected chi connectivity index (χ4v) is 1.74. The van der Waals surface area contributed by atoms with Crippen molar-refractivity contribution >= 4 is 17.3 Å². The first-order chi connectivity index (χ1) is 9.49. The predicted octanol–water partition coefficient (Wildman–Crippen LogP) is 1.64. The van der Waals surface area contributed by atoms with E-state index in [1.807, 2.05) is 6.07 Å². The average Bonchev–Trinajstić information content (AvgIpc) is 2.81. The van der Waals surface area contributed by atoms with Gasteiger partial charge < -0.3 is 10.4 Å². The van der Waals surface area contributed by atoms with Crippen LogP contribution in [0.2, 0.25) is 0 Å². The first-order valence-electron chi connectivity index (χ1n) is 5.71. The van der Waals surface area contributed by atoms with Gasteiger partial charge in [-0.1, -0.05) is 0 Å². The van der Waals surface area contributed by atoms with Gasteiger partial charge in [0.15, 0.2) is 0 Å². The summed E-state index contributed by atoms with van der Waals surface area (Å²) < 4.78 is 1.67. The van der Waals surface area contributed by atoms with Crippen LogP contribution in [0.5, 0.6) is 0 Å². The smallest absolute Gasteiger partial charge is 0.342 e. The molecule has 1 heterocycles. The van der Waals surface area contributed by atoms with Crippen LogP contribution in [-0.2, 0) is 13.6 Å². The van der Waals surface area contributed by atoms with Crippen molar-refractivity contribution in [3.05, 3.63) is 51.8 Å². The Hall–Kier alpha value is -2.90. The molecule has 0 spiro atoms. The summed E-state index contributed by atoms with van der Waals surface area (Å²) in [6, 6.07) is 5.73. The van der Waals surface area contributed by atoms with E-state index in [0.717, 1.165) is 5.69 Å². The number of nitro benzene ring substituents is 1. The lowest BCUT2D eigenvalue weighted by Crippen LogP contribution is -2.07. The molecule has 0 aliphatic rings. The minimum absolute atomic E-state index is 0.332. The van der Waals surface area contributed by atoms with Gasteiger partial charge in [-0.25, -0.2) is 4.79 Å². The highest BCUT2D eigenvalue weighted by atomic mass is 16.6. The monoisotopic (exact) mass is 276 g/mol. The Bertz CT molecular complexity index is 665. The van der Waals surface area contributed by atoms with Crippen LogP contribution >= 0.6 is 0 Å². The molecule has 2 N–H and O–H groups in total. The number of anilines is 1. The molecule has 8 heteroatoms. The third-order valence-electron chi connectivity index (χ3n) is 2.82. The first kappa shape index (κ1) is 13.5. The van der Waals surface area contributed by atoms with E-state index in [9.17, 15) is 14.9 Å². The normalized spacial score (nSPS) is 10.2. The third-order valence-corrected chi connectivity index (χ3v) is 2.82. The molecule has 0 aliphatic heterocycles. The van der Waals surface area contributed by atoms with Crippen molar-refractivity contribution in [2.75, 3.05) is 5.32 Å². The molecular formula is C12H12N4O4. The van der Waals surface area contributed by atoms with E-state index in [1.54, 1.807) is 17.9 Å². The van der Waals surface area contributed by atoms with Gasteiger partial charge >= 0.3 is 5.97 Å². The van der Waals surface area contributed by atoms with Crippen molar-refractivity contribution in [2.45, 2.75) is 6.54 Å². The van der Waals surface area contributed by atoms with Crippen LogP contribution in [0.15, 0.2) is 30.5 Å². The lowest BCUT2D eigenvalue weighted by molar-refractivity contribution is -0.385. The van der Waals surface area contributed by atoms with Crippen LogP contribution in [0.25, 0.3) is 0 Å². The average molecular weight is 276 g/mol. The summed E-state index contributed by atoms with van der Waals surface area (Å²) in [5.74, 6) is -1.32. The number of nitro groups is 1. The van der Waals surface area contributed by atoms with E-state index in [1.165, 1.54) is 18.2 Å². The minimum atomic E-state index is -1.32. The van der Waals surface area contributed by atoms with Gasteiger partial charge in [0.05, 0.1) is 17.2 Å². The number of carboxylic acid groups (broad SMARTS) is 1. The fraction of sp³-hybridized carbons (Fsp3) is 0.167. The predicted molar refractivity (Wildman–Crippen MR) is 70.6 cm³/mol. The largest absolute Gasteiger partial charge is 0.477 e. The van der Waals surface area contributed by atoms with E-state index < -0.39 is 16.6 Å². The molecule has 0 amide bonds. The Morgan fingerprint density at radius 1 is 1.50 bits per heavy atom. The molecule has 0 radical (unpaired) electrons. The van der Waals surface area contributed by atoms with Crippen LogP contribution < -0.4 is 5.32 Å². The molecule has 1 aromatic carbocycles. The molecule has 0 atom stereocenters. The Balaban J connectivity index is 2.21. The molecule has 104 valence electrons. The van der Waals surface area contributed by atoms with Gasteiger partial charge in [0.2, 0.25) is 0 Å². The summed E-state index contributed by atoms with van der Waals surface area (Å²) in [4.78, 5) is 21.0. The molecule has 2 aromatic rings. The van der Waals surface area contributed by atoms with E-state index in [4.69, 9.17) is 5.11 Å². The Labute approximate surface area is 113 Å². The van der Waals surface area contributed by atoms with Gasteiger partial charge in [-0.05, 0) is 18.2 Å². The number of nitrogens with one attached hydrogen (secondary N) is 1. The standard InChI is InChI=1S/C12H12N4O4/c1-15-9(4-5-14-15)7-13-8-2-3-10(12(17)18)11(6-8)16(19)20/h2-6,13H,7H2,1H3,(H,17,18). The topological polar surface area (TPSA) is 110 Å². The zero-order valence-electron chi connectivity index (χ0n) is 10.6. The van der Waals surface area contributed by atoms with Crippen molar-refractivity contribution in [2.24, 2.45) is 7.05 Å². The third kappa shape index (κ3) is 2.74. The van der Waals surface area contributed by atoms with Crippen molar-refractivity contribution in [1.29, 1.82) is 0 Å². The minimum Gasteiger partial charge on any atom is -0.477 e. The van der Waals surface area contributed by atoms with Crippen LogP contribution in [0.4, 0.5) is 11.4 Å². The zero-order chi connectivity index (χ0) is 14.7. The van der Waals surface area contributed by atoms with Crippen molar-refractivity contribution in [1.82, 2.24) is 9.78 Å². The summed E-state index contributed by atoms with van der Waals surface area (Å²) >= 11 is 0. The maximum atomic E-state index is 10.9. The number of carboxylic acids is 1. The quantitative estimate of drug-likeness (QED) is 0.634. The number of hydrogen-bond donors (Lipinski definition) is 2. The lowest BCUT2D eigenvalue weighted by Gasteiger charge is -2.07. The Kier molecular flexibility index (Phi) is 3.65. The molecule has 2 rings (SSSR count). The van der Waals surface area contributed by atoms with Gasteiger partial charge in [0.1, 0.15) is 5.56 Å². The van der Waals surface area contributed by atoms with E-state index >= 15 is 0 Å². The van der Waals surface area contributed by atoms with Crippen molar-refractivity contribution < 1.29 is 14.8 Å². The highest BCUT2D eigenvalue weighted by molar-refractivity contribution is 5.93. The molecule has 20 heavy (non-hydrogen) atoms. The van der Waals surface area contributed by atoms with Gasteiger partial charge in [-0.2, -0.15) is 5.10 Å². The number of benzene rings is 1. The molecule has 0 aliphatic carbocycles. The second-order valence-electron chi connectivity index (χ2n) is 4.09. The number of carbonyl (C=O) groups is 1. The summed E-state index contributed by atoms with van der Waals surface area (Å²) in [7, 11) is 1.78. The number of aromatic nitrogens is 2. The number of rotatable bonds is 5. The molecule has 0 fully saturated rings. The summed E-state index contributed by atoms with van der Waals surface area (Å²) in [5.41, 5.74) is 0.603. The van der Waals surface area contributed by atoms with Crippen LogP contribution in [0.1, 0.15) is 16.1 Å². The zero-order valence-corrected chi connectivity index (χ0v) is 10.6. The first-order valence-corrected chi connectivity index (χ1v) is 5.71. The Morgan fingerprint density at radius 2 is 2.25 bits per heavy atom. The second kappa shape index (κ2) is 5.39. The fourth-order valence-electron chi connectivity index (χ4n) is 1.74. The molecule has 0 unspecified atom stereocenters. The highest BCUT2D eigenvalue weighted by Crippen LogP contribution is 2.23. The van der Waals surface area contributed by atoms with Gasteiger partial charge in [0, 0.05) is 25.0 Å². The van der Waals surface area contributed by atoms with Crippen LogP contribution in [0.3, 0.4) is 0 Å². The van der Waals surface area contributed by atoms with Crippen LogP contribution in [-0.4, -0.2) is 25.8 Å². The SMILES string of the molecule is Cn1nccc1CNc1ccc(C(=O)O)c([N+](=O)[O-])c1. The molecule has 0 saturated heterocycles. The van der Waals surface area contributed by atoms with E-state index in [2.05, 4.69) is 10.4 Å². The summed E-state index contributed by atoms with van der Waals surface area (Å²) in [6.45, 7) is 0.431. The summed E-state index contributed by atoms with van der Waals surface area (Å²) in [5, 5.41) is 26.7. The lowest BCUT2D eigenvalue weighted by atomic mass is 10.1. The van der Waals surface area contributed by atoms with Gasteiger partial charge in [0.25, 0.3) is 5.69 Å². The summed E-state index contributed by atoms with van der Waals surface area (Å²) in [6.07, 6.45) is 1.65. The van der Waals surface area contributed by atoms with E-state index in [-0.39, 0.29) is 5.56 Å². The highest BCUT2D eigenvalue weighted by Gasteiger charge is 2.19. The molecule has 1 aromatic heterocycles. The van der Waals surface area contributed by atoms with Crippen LogP contribution in [0, 0.1) is 10.1 Å². The number of hydrogen-bond acceptors (Lipinski definition) is 5. The van der Waals surface area contributed by atoms with Crippen molar-refractivity contribution in [3.8, 4) is 0 Å². The number of aromatic carboxylic acids is 1. The molecular weight excluding hydrogens is 264 g/mol. The van der Waals surface area contributed by atoms with E-state index in [0.29, 0.717) is 12.2 Å². The Morgan fingerprint density at radius 3 is 2.80 bits per heavy atom. The maximum absolute atomic E-state index is 10.9. The second-order valence-corrected chi connectivity index (χ2v) is 4.09. The van der Waals surface area contributed by atoms with Gasteiger partial charge in [-0.3, -0.25) is 14.8 Å².